The molecular weight excluding hydrogens is 319 g/mol. The minimum Gasteiger partial charge on any atom is -0.485 e. The first-order chi connectivity index (χ1) is 9.54. The van der Waals surface area contributed by atoms with Crippen LogP contribution in [0.15, 0.2) is 36.4 Å². The number of fused-ring (bicyclic) bond motifs is 1. The molecule has 0 radical (unpaired) electrons. The monoisotopic (exact) mass is 328 g/mol. The van der Waals surface area contributed by atoms with Gasteiger partial charge in [-0.05, 0) is 35.9 Å². The van der Waals surface area contributed by atoms with Crippen molar-refractivity contribution >= 4 is 34.8 Å². The summed E-state index contributed by atoms with van der Waals surface area (Å²) < 4.78 is 5.92. The lowest BCUT2D eigenvalue weighted by Crippen LogP contribution is -2.19. The molecule has 104 valence electrons. The molecule has 0 saturated heterocycles. The normalized spacial score (nSPS) is 21.2. The van der Waals surface area contributed by atoms with Crippen molar-refractivity contribution in [3.63, 3.8) is 0 Å². The summed E-state index contributed by atoms with van der Waals surface area (Å²) in [4.78, 5) is 0. The third-order valence-electron chi connectivity index (χ3n) is 3.35. The van der Waals surface area contributed by atoms with Gasteiger partial charge in [0.15, 0.2) is 0 Å². The minimum absolute atomic E-state index is 0.256. The molecule has 0 spiro atoms. The molecule has 5 heteroatoms. The average molecular weight is 330 g/mol. The van der Waals surface area contributed by atoms with Crippen LogP contribution >= 0.6 is 34.8 Å². The molecule has 2 unspecified atom stereocenters. The Morgan fingerprint density at radius 3 is 2.55 bits per heavy atom. The molecule has 2 nitrogen and oxygen atoms in total. The van der Waals surface area contributed by atoms with Crippen molar-refractivity contribution in [3.8, 4) is 5.75 Å². The second-order valence-corrected chi connectivity index (χ2v) is 5.96. The summed E-state index contributed by atoms with van der Waals surface area (Å²) in [6, 6.07) is 10.6. The Bertz CT molecular complexity index is 658. The van der Waals surface area contributed by atoms with Gasteiger partial charge in [-0.3, -0.25) is 0 Å². The maximum Gasteiger partial charge on any atom is 0.127 e. The number of halogens is 3. The summed E-state index contributed by atoms with van der Waals surface area (Å²) in [5.74, 6) is 0.643. The van der Waals surface area contributed by atoms with E-state index in [0.717, 1.165) is 5.56 Å². The molecule has 1 aliphatic heterocycles. The highest BCUT2D eigenvalue weighted by molar-refractivity contribution is 6.42. The van der Waals surface area contributed by atoms with E-state index in [0.29, 0.717) is 32.8 Å². The molecule has 1 N–H and O–H groups in total. The van der Waals surface area contributed by atoms with E-state index in [-0.39, 0.29) is 6.10 Å². The van der Waals surface area contributed by atoms with Gasteiger partial charge in [0, 0.05) is 17.0 Å². The van der Waals surface area contributed by atoms with E-state index >= 15 is 0 Å². The van der Waals surface area contributed by atoms with Gasteiger partial charge < -0.3 is 9.84 Å². The van der Waals surface area contributed by atoms with Gasteiger partial charge in [-0.15, -0.1) is 0 Å². The Labute approximate surface area is 131 Å². The molecule has 0 amide bonds. The molecule has 20 heavy (non-hydrogen) atoms. The van der Waals surface area contributed by atoms with Crippen LogP contribution in [0.25, 0.3) is 0 Å². The van der Waals surface area contributed by atoms with Gasteiger partial charge in [0.25, 0.3) is 0 Å². The van der Waals surface area contributed by atoms with E-state index in [1.165, 1.54) is 0 Å². The van der Waals surface area contributed by atoms with Crippen LogP contribution in [0.2, 0.25) is 15.1 Å². The standard InChI is InChI=1S/C15H11Cl3O2/c16-9-2-4-14-10(6-9)13(19)7-15(20-14)8-1-3-11(17)12(18)5-8/h1-6,13,15,19H,7H2. The molecule has 2 aromatic rings. The third-order valence-corrected chi connectivity index (χ3v) is 4.33. The fourth-order valence-electron chi connectivity index (χ4n) is 2.33. The number of hydrogen-bond acceptors (Lipinski definition) is 2. The zero-order valence-electron chi connectivity index (χ0n) is 10.3. The topological polar surface area (TPSA) is 29.5 Å². The molecule has 0 saturated carbocycles. The van der Waals surface area contributed by atoms with Gasteiger partial charge in [-0.1, -0.05) is 40.9 Å². The Kier molecular flexibility index (Phi) is 3.83. The maximum absolute atomic E-state index is 10.2. The van der Waals surface area contributed by atoms with E-state index in [2.05, 4.69) is 0 Å². The highest BCUT2D eigenvalue weighted by Gasteiger charge is 2.28. The lowest BCUT2D eigenvalue weighted by Gasteiger charge is -2.30. The van der Waals surface area contributed by atoms with Crippen molar-refractivity contribution in [1.82, 2.24) is 0 Å². The van der Waals surface area contributed by atoms with Crippen LogP contribution in [-0.2, 0) is 0 Å². The predicted molar refractivity (Wildman–Crippen MR) is 80.9 cm³/mol. The molecular formula is C15H11Cl3O2. The highest BCUT2D eigenvalue weighted by atomic mass is 35.5. The first-order valence-corrected chi connectivity index (χ1v) is 7.27. The number of rotatable bonds is 1. The molecule has 0 aromatic heterocycles. The van der Waals surface area contributed by atoms with E-state index in [1.54, 1.807) is 30.3 Å². The summed E-state index contributed by atoms with van der Waals surface area (Å²) in [7, 11) is 0. The predicted octanol–water partition coefficient (Wildman–Crippen LogP) is 5.20. The van der Waals surface area contributed by atoms with Crippen LogP contribution in [0.5, 0.6) is 5.75 Å². The molecule has 1 aliphatic rings. The smallest absolute Gasteiger partial charge is 0.127 e. The van der Waals surface area contributed by atoms with Crippen molar-refractivity contribution < 1.29 is 9.84 Å². The highest BCUT2D eigenvalue weighted by Crippen LogP contribution is 2.42. The minimum atomic E-state index is -0.614. The van der Waals surface area contributed by atoms with Gasteiger partial charge in [0.1, 0.15) is 11.9 Å². The molecule has 3 rings (SSSR count). The Hall–Kier alpha value is -0.930. The van der Waals surface area contributed by atoms with Gasteiger partial charge in [0.2, 0.25) is 0 Å². The summed E-state index contributed by atoms with van der Waals surface area (Å²) in [5.41, 5.74) is 1.60. The molecule has 2 atom stereocenters. The van der Waals surface area contributed by atoms with Gasteiger partial charge >= 0.3 is 0 Å². The Morgan fingerprint density at radius 1 is 1.00 bits per heavy atom. The summed E-state index contributed by atoms with van der Waals surface area (Å²) in [5, 5.41) is 11.8. The van der Waals surface area contributed by atoms with Crippen molar-refractivity contribution in [2.75, 3.05) is 0 Å². The van der Waals surface area contributed by atoms with Crippen LogP contribution in [0.1, 0.15) is 29.8 Å². The molecule has 0 aliphatic carbocycles. The summed E-state index contributed by atoms with van der Waals surface area (Å²) in [6.07, 6.45) is -0.420. The number of hydrogen-bond donors (Lipinski definition) is 1. The number of benzene rings is 2. The zero-order chi connectivity index (χ0) is 14.3. The Balaban J connectivity index is 1.94. The fraction of sp³-hybridized carbons (Fsp3) is 0.200. The Morgan fingerprint density at radius 2 is 1.80 bits per heavy atom. The van der Waals surface area contributed by atoms with Crippen molar-refractivity contribution in [3.05, 3.63) is 62.6 Å². The second-order valence-electron chi connectivity index (χ2n) is 4.71. The average Bonchev–Trinajstić information content (AvgIpc) is 2.42. The van der Waals surface area contributed by atoms with E-state index < -0.39 is 6.10 Å². The van der Waals surface area contributed by atoms with Crippen molar-refractivity contribution in [2.45, 2.75) is 18.6 Å². The van der Waals surface area contributed by atoms with Crippen LogP contribution in [-0.4, -0.2) is 5.11 Å². The van der Waals surface area contributed by atoms with E-state index in [1.807, 2.05) is 6.07 Å². The van der Waals surface area contributed by atoms with Crippen LogP contribution < -0.4 is 4.74 Å². The molecule has 0 bridgehead atoms. The number of aliphatic hydroxyl groups is 1. The zero-order valence-corrected chi connectivity index (χ0v) is 12.6. The molecule has 2 aromatic carbocycles. The number of ether oxygens (including phenoxy) is 1. The van der Waals surface area contributed by atoms with Crippen molar-refractivity contribution in [1.29, 1.82) is 0 Å². The third kappa shape index (κ3) is 2.61. The quantitative estimate of drug-likeness (QED) is 0.779. The SMILES string of the molecule is OC1CC(c2ccc(Cl)c(Cl)c2)Oc2ccc(Cl)cc21. The number of aliphatic hydroxyl groups excluding tert-OH is 1. The lowest BCUT2D eigenvalue weighted by molar-refractivity contribution is 0.0657. The van der Waals surface area contributed by atoms with E-state index in [9.17, 15) is 5.11 Å². The van der Waals surface area contributed by atoms with Gasteiger partial charge in [0.05, 0.1) is 16.1 Å². The summed E-state index contributed by atoms with van der Waals surface area (Å²) in [6.45, 7) is 0. The molecule has 0 fully saturated rings. The first-order valence-electron chi connectivity index (χ1n) is 6.13. The summed E-state index contributed by atoms with van der Waals surface area (Å²) >= 11 is 17.9. The largest absolute Gasteiger partial charge is 0.485 e. The lowest BCUT2D eigenvalue weighted by atomic mass is 9.95. The molecule has 1 heterocycles. The van der Waals surface area contributed by atoms with Crippen LogP contribution in [0.3, 0.4) is 0 Å². The first kappa shape index (κ1) is 14.0. The van der Waals surface area contributed by atoms with Gasteiger partial charge in [-0.25, -0.2) is 0 Å². The van der Waals surface area contributed by atoms with E-state index in [4.69, 9.17) is 39.5 Å². The maximum atomic E-state index is 10.2. The van der Waals surface area contributed by atoms with Crippen LogP contribution in [0, 0.1) is 0 Å². The fourth-order valence-corrected chi connectivity index (χ4v) is 2.82. The van der Waals surface area contributed by atoms with Crippen LogP contribution in [0.4, 0.5) is 0 Å². The second kappa shape index (κ2) is 5.45. The van der Waals surface area contributed by atoms with Crippen molar-refractivity contribution in [2.24, 2.45) is 0 Å². The van der Waals surface area contributed by atoms with Gasteiger partial charge in [-0.2, -0.15) is 0 Å².